The van der Waals surface area contributed by atoms with Crippen LogP contribution in [0, 0.1) is 0 Å². The van der Waals surface area contributed by atoms with Crippen LogP contribution >= 0.6 is 0 Å². The van der Waals surface area contributed by atoms with Crippen LogP contribution < -0.4 is 5.32 Å². The van der Waals surface area contributed by atoms with Gasteiger partial charge in [-0.05, 0) is 48.9 Å². The highest BCUT2D eigenvalue weighted by molar-refractivity contribution is 7.89. The van der Waals surface area contributed by atoms with E-state index in [1.54, 1.807) is 29.2 Å². The zero-order chi connectivity index (χ0) is 22.6. The van der Waals surface area contributed by atoms with E-state index in [0.717, 1.165) is 36.8 Å². The second kappa shape index (κ2) is 9.83. The van der Waals surface area contributed by atoms with Crippen LogP contribution in [0.25, 0.3) is 0 Å². The Hall–Kier alpha value is -2.71. The first-order chi connectivity index (χ1) is 15.5. The lowest BCUT2D eigenvalue weighted by Gasteiger charge is -2.34. The van der Waals surface area contributed by atoms with Gasteiger partial charge in [0, 0.05) is 32.6 Å². The van der Waals surface area contributed by atoms with Crippen molar-refractivity contribution in [3.8, 4) is 0 Å². The first kappa shape index (κ1) is 22.5. The molecule has 1 N–H and O–H groups in total. The second-order valence-electron chi connectivity index (χ2n) is 8.33. The third-order valence-corrected chi connectivity index (χ3v) is 8.04. The Bertz CT molecular complexity index is 1050. The lowest BCUT2D eigenvalue weighted by Crippen LogP contribution is -2.45. The first-order valence-corrected chi connectivity index (χ1v) is 12.6. The predicted molar refractivity (Wildman–Crippen MR) is 121 cm³/mol. The Balaban J connectivity index is 1.45. The van der Waals surface area contributed by atoms with Crippen molar-refractivity contribution >= 4 is 21.8 Å². The van der Waals surface area contributed by atoms with Crippen LogP contribution in [0.1, 0.15) is 49.3 Å². The SMILES string of the molecule is O=C(NCc1ccc(S(=O)(=O)N2CCCC2)cc1)C(c1ccccc1)N1CCCCC1=O. The summed E-state index contributed by atoms with van der Waals surface area (Å²) in [6.07, 6.45) is 3.99. The lowest BCUT2D eigenvalue weighted by molar-refractivity contribution is -0.142. The summed E-state index contributed by atoms with van der Waals surface area (Å²) in [7, 11) is -3.46. The number of nitrogens with one attached hydrogen (secondary N) is 1. The molecule has 0 saturated carbocycles. The van der Waals surface area contributed by atoms with Gasteiger partial charge < -0.3 is 10.2 Å². The normalized spacial score (nSPS) is 18.5. The molecule has 7 nitrogen and oxygen atoms in total. The topological polar surface area (TPSA) is 86.8 Å². The lowest BCUT2D eigenvalue weighted by atomic mass is 10.0. The summed E-state index contributed by atoms with van der Waals surface area (Å²) in [6, 6.07) is 15.3. The van der Waals surface area contributed by atoms with Gasteiger partial charge in [0.1, 0.15) is 6.04 Å². The summed E-state index contributed by atoms with van der Waals surface area (Å²) < 4.78 is 26.9. The summed E-state index contributed by atoms with van der Waals surface area (Å²) in [6.45, 7) is 1.95. The van der Waals surface area contributed by atoms with Gasteiger partial charge in [0.15, 0.2) is 0 Å². The molecule has 170 valence electrons. The minimum absolute atomic E-state index is 0.00303. The van der Waals surface area contributed by atoms with E-state index in [0.29, 0.717) is 26.1 Å². The summed E-state index contributed by atoms with van der Waals surface area (Å²) >= 11 is 0. The van der Waals surface area contributed by atoms with Crippen LogP contribution in [0.3, 0.4) is 0 Å². The smallest absolute Gasteiger partial charge is 0.247 e. The quantitative estimate of drug-likeness (QED) is 0.696. The van der Waals surface area contributed by atoms with Crippen LogP contribution in [-0.2, 0) is 26.2 Å². The molecule has 0 radical (unpaired) electrons. The molecule has 2 heterocycles. The molecule has 8 heteroatoms. The van der Waals surface area contributed by atoms with E-state index in [1.165, 1.54) is 4.31 Å². The van der Waals surface area contributed by atoms with Crippen molar-refractivity contribution < 1.29 is 18.0 Å². The van der Waals surface area contributed by atoms with Gasteiger partial charge in [-0.2, -0.15) is 4.31 Å². The Morgan fingerprint density at radius 1 is 0.906 bits per heavy atom. The van der Waals surface area contributed by atoms with Gasteiger partial charge in [-0.25, -0.2) is 8.42 Å². The van der Waals surface area contributed by atoms with Crippen molar-refractivity contribution in [3.05, 3.63) is 65.7 Å². The summed E-state index contributed by atoms with van der Waals surface area (Å²) in [4.78, 5) is 27.6. The largest absolute Gasteiger partial charge is 0.350 e. The standard InChI is InChI=1S/C24H29N3O4S/c28-22-10-4-5-17-27(22)23(20-8-2-1-3-9-20)24(29)25-18-19-11-13-21(14-12-19)32(30,31)26-15-6-7-16-26/h1-3,8-9,11-14,23H,4-7,10,15-18H2,(H,25,29). The van der Waals surface area contributed by atoms with Gasteiger partial charge in [-0.1, -0.05) is 42.5 Å². The fourth-order valence-electron chi connectivity index (χ4n) is 4.35. The summed E-state index contributed by atoms with van der Waals surface area (Å²) in [5.74, 6) is -0.239. The number of carbonyl (C=O) groups is 2. The van der Waals surface area contributed by atoms with E-state index in [1.807, 2.05) is 30.3 Å². The van der Waals surface area contributed by atoms with Crippen LogP contribution in [0.5, 0.6) is 0 Å². The molecule has 4 rings (SSSR count). The molecule has 2 aromatic carbocycles. The fraction of sp³-hybridized carbons (Fsp3) is 0.417. The number of carbonyl (C=O) groups excluding carboxylic acids is 2. The molecule has 0 aliphatic carbocycles. The van der Waals surface area contributed by atoms with Crippen LogP contribution in [-0.4, -0.2) is 49.1 Å². The predicted octanol–water partition coefficient (Wildman–Crippen LogP) is 2.84. The van der Waals surface area contributed by atoms with Crippen molar-refractivity contribution in [2.24, 2.45) is 0 Å². The molecule has 0 bridgehead atoms. The van der Waals surface area contributed by atoms with E-state index >= 15 is 0 Å². The molecule has 0 aromatic heterocycles. The van der Waals surface area contributed by atoms with Crippen LogP contribution in [0.15, 0.2) is 59.5 Å². The molecule has 1 unspecified atom stereocenters. The molecule has 32 heavy (non-hydrogen) atoms. The summed E-state index contributed by atoms with van der Waals surface area (Å²) in [5, 5.41) is 2.94. The zero-order valence-electron chi connectivity index (χ0n) is 18.1. The maximum Gasteiger partial charge on any atom is 0.247 e. The van der Waals surface area contributed by atoms with Gasteiger partial charge in [0.25, 0.3) is 0 Å². The Kier molecular flexibility index (Phi) is 6.91. The van der Waals surface area contributed by atoms with E-state index in [4.69, 9.17) is 0 Å². The number of sulfonamides is 1. The van der Waals surface area contributed by atoms with Crippen molar-refractivity contribution in [3.63, 3.8) is 0 Å². The van der Waals surface area contributed by atoms with Gasteiger partial charge in [-0.15, -0.1) is 0 Å². The Morgan fingerprint density at radius 3 is 2.22 bits per heavy atom. The Labute approximate surface area is 189 Å². The highest BCUT2D eigenvalue weighted by atomic mass is 32.2. The third-order valence-electron chi connectivity index (χ3n) is 6.13. The monoisotopic (exact) mass is 455 g/mol. The fourth-order valence-corrected chi connectivity index (χ4v) is 5.87. The minimum atomic E-state index is -3.46. The van der Waals surface area contributed by atoms with Crippen LogP contribution in [0.2, 0.25) is 0 Å². The molecular formula is C24H29N3O4S. The highest BCUT2D eigenvalue weighted by Crippen LogP contribution is 2.26. The number of nitrogens with zero attached hydrogens (tertiary/aromatic N) is 2. The van der Waals surface area contributed by atoms with Crippen LogP contribution in [0.4, 0.5) is 0 Å². The van der Waals surface area contributed by atoms with Crippen molar-refractivity contribution in [2.45, 2.75) is 49.6 Å². The molecular weight excluding hydrogens is 426 g/mol. The average molecular weight is 456 g/mol. The third kappa shape index (κ3) is 4.86. The second-order valence-corrected chi connectivity index (χ2v) is 10.3. The van der Waals surface area contributed by atoms with Gasteiger partial charge in [0.05, 0.1) is 4.90 Å². The number of piperidine rings is 1. The number of hydrogen-bond acceptors (Lipinski definition) is 4. The minimum Gasteiger partial charge on any atom is -0.350 e. The maximum absolute atomic E-state index is 13.2. The molecule has 2 aliphatic heterocycles. The van der Waals surface area contributed by atoms with Gasteiger partial charge in [0.2, 0.25) is 21.8 Å². The van der Waals surface area contributed by atoms with E-state index in [9.17, 15) is 18.0 Å². The number of likely N-dealkylation sites (tertiary alicyclic amines) is 1. The van der Waals surface area contributed by atoms with Crippen molar-refractivity contribution in [2.75, 3.05) is 19.6 Å². The number of benzene rings is 2. The van der Waals surface area contributed by atoms with Crippen molar-refractivity contribution in [1.29, 1.82) is 0 Å². The molecule has 2 aromatic rings. The van der Waals surface area contributed by atoms with E-state index in [-0.39, 0.29) is 23.3 Å². The molecule has 0 spiro atoms. The Morgan fingerprint density at radius 2 is 1.56 bits per heavy atom. The van der Waals surface area contributed by atoms with E-state index in [2.05, 4.69) is 5.32 Å². The van der Waals surface area contributed by atoms with E-state index < -0.39 is 16.1 Å². The van der Waals surface area contributed by atoms with Crippen molar-refractivity contribution in [1.82, 2.24) is 14.5 Å². The number of hydrogen-bond donors (Lipinski definition) is 1. The molecule has 2 aliphatic rings. The zero-order valence-corrected chi connectivity index (χ0v) is 18.9. The molecule has 1 atom stereocenters. The highest BCUT2D eigenvalue weighted by Gasteiger charge is 2.32. The number of amides is 2. The molecule has 2 amide bonds. The summed E-state index contributed by atoms with van der Waals surface area (Å²) in [5.41, 5.74) is 1.59. The number of rotatable bonds is 7. The molecule has 2 fully saturated rings. The first-order valence-electron chi connectivity index (χ1n) is 11.2. The maximum atomic E-state index is 13.2. The molecule has 2 saturated heterocycles. The average Bonchev–Trinajstić information content (AvgIpc) is 3.36. The van der Waals surface area contributed by atoms with Gasteiger partial charge in [-0.3, -0.25) is 9.59 Å². The van der Waals surface area contributed by atoms with Gasteiger partial charge >= 0.3 is 0 Å².